The largest absolute Gasteiger partial charge is 0.357 e. The molecule has 0 radical (unpaired) electrons. The topological polar surface area (TPSA) is 56.7 Å². The summed E-state index contributed by atoms with van der Waals surface area (Å²) >= 11 is 2.17. The number of halogens is 1. The molecule has 0 atom stereocenters. The van der Waals surface area contributed by atoms with Gasteiger partial charge >= 0.3 is 0 Å². The molecule has 2 aliphatic rings. The summed E-state index contributed by atoms with van der Waals surface area (Å²) in [5.74, 6) is 2.22. The molecule has 1 amide bonds. The summed E-state index contributed by atoms with van der Waals surface area (Å²) in [4.78, 5) is 19.5. The minimum absolute atomic E-state index is 0. The molecular weight excluding hydrogens is 459 g/mol. The van der Waals surface area contributed by atoms with E-state index in [1.165, 1.54) is 37.9 Å². The predicted octanol–water partition coefficient (Wildman–Crippen LogP) is 3.48. The van der Waals surface area contributed by atoms with E-state index < -0.39 is 5.41 Å². The molecule has 1 saturated heterocycles. The number of amides is 1. The summed E-state index contributed by atoms with van der Waals surface area (Å²) in [5.41, 5.74) is -0.482. The van der Waals surface area contributed by atoms with E-state index in [1.807, 2.05) is 20.8 Å². The van der Waals surface area contributed by atoms with Crippen LogP contribution in [0.2, 0.25) is 0 Å². The molecule has 2 fully saturated rings. The second-order valence-corrected chi connectivity index (χ2v) is 9.49. The number of nitrogens with one attached hydrogen (secondary N) is 2. The SMILES string of the molecule is CCNC(=O)C(C)(C)CN=C(NCC)N1CCSC2(CCCCC2)C1.I. The first-order chi connectivity index (χ1) is 11.9. The zero-order valence-corrected chi connectivity index (χ0v) is 20.0. The first-order valence-electron chi connectivity index (χ1n) is 9.88. The fraction of sp³-hybridized carbons (Fsp3) is 0.895. The number of carbonyl (C=O) groups is 1. The Hall–Kier alpha value is -0.180. The van der Waals surface area contributed by atoms with Crippen molar-refractivity contribution in [2.75, 3.05) is 38.5 Å². The van der Waals surface area contributed by atoms with Gasteiger partial charge in [-0.15, -0.1) is 24.0 Å². The highest BCUT2D eigenvalue weighted by molar-refractivity contribution is 14.0. The molecule has 1 aliphatic carbocycles. The molecule has 1 saturated carbocycles. The van der Waals surface area contributed by atoms with Crippen LogP contribution in [0.5, 0.6) is 0 Å². The van der Waals surface area contributed by atoms with Crippen LogP contribution in [0, 0.1) is 5.41 Å². The normalized spacial score (nSPS) is 20.5. The quantitative estimate of drug-likeness (QED) is 0.348. The van der Waals surface area contributed by atoms with E-state index in [0.717, 1.165) is 25.6 Å². The van der Waals surface area contributed by atoms with Crippen molar-refractivity contribution in [2.45, 2.75) is 64.5 Å². The Bertz CT molecular complexity index is 473. The maximum atomic E-state index is 12.2. The fourth-order valence-electron chi connectivity index (χ4n) is 3.69. The van der Waals surface area contributed by atoms with Gasteiger partial charge in [0.2, 0.25) is 5.91 Å². The van der Waals surface area contributed by atoms with Crippen LogP contribution in [0.4, 0.5) is 0 Å². The van der Waals surface area contributed by atoms with Gasteiger partial charge in [-0.2, -0.15) is 11.8 Å². The van der Waals surface area contributed by atoms with Gasteiger partial charge in [0.05, 0.1) is 12.0 Å². The molecule has 0 bridgehead atoms. The second-order valence-electron chi connectivity index (χ2n) is 7.93. The standard InChI is InChI=1S/C19H36N4OS.HI/c1-5-20-16(24)18(3,4)14-22-17(21-6-2)23-12-13-25-19(15-23)10-8-7-9-11-19;/h5-15H2,1-4H3,(H,20,24)(H,21,22);1H. The highest BCUT2D eigenvalue weighted by atomic mass is 127. The molecule has 0 unspecified atom stereocenters. The van der Waals surface area contributed by atoms with Crippen molar-refractivity contribution in [1.29, 1.82) is 0 Å². The molecule has 0 aromatic carbocycles. The number of guanidine groups is 1. The fourth-order valence-corrected chi connectivity index (χ4v) is 5.26. The summed E-state index contributed by atoms with van der Waals surface area (Å²) < 4.78 is 0.418. The zero-order chi connectivity index (χ0) is 18.3. The molecule has 7 heteroatoms. The van der Waals surface area contributed by atoms with E-state index >= 15 is 0 Å². The van der Waals surface area contributed by atoms with Crippen LogP contribution in [0.25, 0.3) is 0 Å². The van der Waals surface area contributed by atoms with E-state index in [-0.39, 0.29) is 29.9 Å². The third-order valence-electron chi connectivity index (χ3n) is 5.22. The molecule has 152 valence electrons. The summed E-state index contributed by atoms with van der Waals surface area (Å²) in [7, 11) is 0. The van der Waals surface area contributed by atoms with Crippen LogP contribution >= 0.6 is 35.7 Å². The average molecular weight is 497 g/mol. The van der Waals surface area contributed by atoms with Gasteiger partial charge in [0, 0.05) is 36.7 Å². The van der Waals surface area contributed by atoms with Gasteiger partial charge in [0.15, 0.2) is 5.96 Å². The Morgan fingerprint density at radius 3 is 2.42 bits per heavy atom. The molecule has 2 N–H and O–H groups in total. The van der Waals surface area contributed by atoms with E-state index in [2.05, 4.69) is 34.2 Å². The number of hydrogen-bond donors (Lipinski definition) is 2. The first kappa shape index (κ1) is 23.9. The van der Waals surface area contributed by atoms with E-state index in [4.69, 9.17) is 4.99 Å². The van der Waals surface area contributed by atoms with Crippen molar-refractivity contribution in [3.63, 3.8) is 0 Å². The lowest BCUT2D eigenvalue weighted by Crippen LogP contribution is -2.53. The molecule has 26 heavy (non-hydrogen) atoms. The van der Waals surface area contributed by atoms with Crippen molar-refractivity contribution in [2.24, 2.45) is 10.4 Å². The van der Waals surface area contributed by atoms with Gasteiger partial charge < -0.3 is 15.5 Å². The third kappa shape index (κ3) is 6.46. The third-order valence-corrected chi connectivity index (χ3v) is 6.76. The monoisotopic (exact) mass is 496 g/mol. The van der Waals surface area contributed by atoms with Gasteiger partial charge in [-0.3, -0.25) is 9.79 Å². The Morgan fingerprint density at radius 2 is 1.81 bits per heavy atom. The number of nitrogens with zero attached hydrogens (tertiary/aromatic N) is 2. The first-order valence-corrected chi connectivity index (χ1v) is 10.9. The van der Waals surface area contributed by atoms with Crippen molar-refractivity contribution in [1.82, 2.24) is 15.5 Å². The smallest absolute Gasteiger partial charge is 0.227 e. The molecule has 2 rings (SSSR count). The van der Waals surface area contributed by atoms with Crippen LogP contribution in [-0.2, 0) is 4.79 Å². The Morgan fingerprint density at radius 1 is 1.15 bits per heavy atom. The van der Waals surface area contributed by atoms with E-state index in [9.17, 15) is 4.79 Å². The van der Waals surface area contributed by atoms with Gasteiger partial charge in [0.25, 0.3) is 0 Å². The second kappa shape index (κ2) is 11.0. The molecular formula is C19H37IN4OS. The van der Waals surface area contributed by atoms with Gasteiger partial charge in [-0.1, -0.05) is 19.3 Å². The Labute approximate surface area is 180 Å². The average Bonchev–Trinajstić information content (AvgIpc) is 2.59. The summed E-state index contributed by atoms with van der Waals surface area (Å²) in [6, 6.07) is 0. The van der Waals surface area contributed by atoms with Crippen LogP contribution < -0.4 is 10.6 Å². The van der Waals surface area contributed by atoms with Crippen molar-refractivity contribution in [3.8, 4) is 0 Å². The van der Waals surface area contributed by atoms with E-state index in [1.54, 1.807) is 0 Å². The van der Waals surface area contributed by atoms with Crippen molar-refractivity contribution in [3.05, 3.63) is 0 Å². The molecule has 0 aromatic heterocycles. The highest BCUT2D eigenvalue weighted by Gasteiger charge is 2.38. The lowest BCUT2D eigenvalue weighted by molar-refractivity contribution is -0.128. The summed E-state index contributed by atoms with van der Waals surface area (Å²) in [5, 5.41) is 6.37. The number of aliphatic imine (C=N–C) groups is 1. The number of hydrogen-bond acceptors (Lipinski definition) is 3. The summed E-state index contributed by atoms with van der Waals surface area (Å²) in [6.45, 7) is 12.2. The lowest BCUT2D eigenvalue weighted by Gasteiger charge is -2.45. The van der Waals surface area contributed by atoms with Crippen LogP contribution in [-0.4, -0.2) is 60.0 Å². The molecule has 1 spiro atoms. The van der Waals surface area contributed by atoms with Crippen LogP contribution in [0.3, 0.4) is 0 Å². The maximum Gasteiger partial charge on any atom is 0.227 e. The van der Waals surface area contributed by atoms with Crippen LogP contribution in [0.15, 0.2) is 4.99 Å². The number of carbonyl (C=O) groups excluding carboxylic acids is 1. The maximum absolute atomic E-state index is 12.2. The number of rotatable bonds is 5. The van der Waals surface area contributed by atoms with Crippen molar-refractivity contribution >= 4 is 47.6 Å². The van der Waals surface area contributed by atoms with Gasteiger partial charge in [-0.05, 0) is 40.5 Å². The lowest BCUT2D eigenvalue weighted by atomic mass is 9.87. The molecule has 0 aromatic rings. The van der Waals surface area contributed by atoms with Gasteiger partial charge in [0.1, 0.15) is 0 Å². The Kier molecular flexibility index (Phi) is 10.1. The van der Waals surface area contributed by atoms with E-state index in [0.29, 0.717) is 17.8 Å². The minimum Gasteiger partial charge on any atom is -0.357 e. The Balaban J connectivity index is 0.00000338. The van der Waals surface area contributed by atoms with Gasteiger partial charge in [-0.25, -0.2) is 0 Å². The molecule has 1 heterocycles. The molecule has 5 nitrogen and oxygen atoms in total. The zero-order valence-electron chi connectivity index (χ0n) is 16.9. The molecule has 1 aliphatic heterocycles. The van der Waals surface area contributed by atoms with Crippen molar-refractivity contribution < 1.29 is 4.79 Å². The minimum atomic E-state index is -0.482. The van der Waals surface area contributed by atoms with Crippen LogP contribution in [0.1, 0.15) is 59.8 Å². The number of thioether (sulfide) groups is 1. The summed E-state index contributed by atoms with van der Waals surface area (Å²) in [6.07, 6.45) is 6.77. The highest BCUT2D eigenvalue weighted by Crippen LogP contribution is 2.42. The predicted molar refractivity (Wildman–Crippen MR) is 124 cm³/mol.